The molecule has 0 fully saturated rings. The smallest absolute Gasteiger partial charge is 0.120 e. The van der Waals surface area contributed by atoms with Gasteiger partial charge in [-0.25, -0.2) is 0 Å². The summed E-state index contributed by atoms with van der Waals surface area (Å²) in [5.41, 5.74) is 2.05. The zero-order valence-corrected chi connectivity index (χ0v) is 14.1. The summed E-state index contributed by atoms with van der Waals surface area (Å²) in [6.07, 6.45) is 9.82. The van der Waals surface area contributed by atoms with Crippen molar-refractivity contribution in [3.05, 3.63) is 73.3 Å². The third-order valence-electron chi connectivity index (χ3n) is 3.11. The number of ether oxygens (including phenoxy) is 1. The molecule has 0 radical (unpaired) electrons. The molecular weight excluding hydrogens is 256 g/mol. The molecule has 0 spiro atoms. The van der Waals surface area contributed by atoms with Gasteiger partial charge < -0.3 is 4.74 Å². The summed E-state index contributed by atoms with van der Waals surface area (Å²) in [7, 11) is 0. The van der Waals surface area contributed by atoms with Crippen LogP contribution in [0.3, 0.4) is 0 Å². The van der Waals surface area contributed by atoms with Crippen molar-refractivity contribution in [3.63, 3.8) is 0 Å². The van der Waals surface area contributed by atoms with E-state index >= 15 is 0 Å². The average molecular weight is 286 g/mol. The lowest BCUT2D eigenvalue weighted by Crippen LogP contribution is -1.99. The molecule has 21 heavy (non-hydrogen) atoms. The van der Waals surface area contributed by atoms with Crippen LogP contribution in [-0.2, 0) is 4.74 Å². The van der Waals surface area contributed by atoms with Crippen LogP contribution in [-0.4, -0.2) is 0 Å². The van der Waals surface area contributed by atoms with E-state index in [9.17, 15) is 0 Å². The van der Waals surface area contributed by atoms with Gasteiger partial charge in [0.25, 0.3) is 0 Å². The van der Waals surface area contributed by atoms with E-state index < -0.39 is 0 Å². The van der Waals surface area contributed by atoms with Crippen LogP contribution in [0.1, 0.15) is 40.5 Å². The second-order valence-corrected chi connectivity index (χ2v) is 5.99. The van der Waals surface area contributed by atoms with Gasteiger partial charge in [-0.15, -0.1) is 0 Å². The van der Waals surface area contributed by atoms with Gasteiger partial charge in [0.05, 0.1) is 0 Å². The van der Waals surface area contributed by atoms with Crippen molar-refractivity contribution in [2.45, 2.75) is 40.5 Å². The Morgan fingerprint density at radius 2 is 1.38 bits per heavy atom. The maximum Gasteiger partial charge on any atom is 0.120 e. The third kappa shape index (κ3) is 10.7. The molecule has 0 amide bonds. The van der Waals surface area contributed by atoms with Crippen LogP contribution in [0.25, 0.3) is 0 Å². The van der Waals surface area contributed by atoms with E-state index in [1.165, 1.54) is 6.42 Å². The summed E-state index contributed by atoms with van der Waals surface area (Å²) in [5, 5.41) is 0. The van der Waals surface area contributed by atoms with E-state index in [0.29, 0.717) is 17.4 Å². The van der Waals surface area contributed by atoms with Gasteiger partial charge in [0.2, 0.25) is 0 Å². The summed E-state index contributed by atoms with van der Waals surface area (Å²) in [6.45, 7) is 24.2. The predicted octanol–water partition coefficient (Wildman–Crippen LogP) is 6.35. The Morgan fingerprint density at radius 3 is 1.86 bits per heavy atom. The zero-order valence-electron chi connectivity index (χ0n) is 14.1. The first-order valence-corrected chi connectivity index (χ1v) is 7.48. The molecule has 0 saturated carbocycles. The fraction of sp³-hybridized carbons (Fsp3) is 0.400. The van der Waals surface area contributed by atoms with Gasteiger partial charge in [-0.3, -0.25) is 0 Å². The summed E-state index contributed by atoms with van der Waals surface area (Å²) in [5.74, 6) is 2.31. The van der Waals surface area contributed by atoms with Crippen molar-refractivity contribution in [2.24, 2.45) is 11.8 Å². The number of hydrogen-bond acceptors (Lipinski definition) is 1. The summed E-state index contributed by atoms with van der Waals surface area (Å²) < 4.78 is 5.48. The molecule has 0 aliphatic carbocycles. The minimum Gasteiger partial charge on any atom is -0.459 e. The number of hydrogen-bond donors (Lipinski definition) is 0. The van der Waals surface area contributed by atoms with Crippen molar-refractivity contribution in [1.82, 2.24) is 0 Å². The molecule has 0 aromatic rings. The van der Waals surface area contributed by atoms with Crippen molar-refractivity contribution >= 4 is 0 Å². The van der Waals surface area contributed by atoms with Crippen molar-refractivity contribution in [1.29, 1.82) is 0 Å². The Balaban J connectivity index is 4.28. The van der Waals surface area contributed by atoms with Crippen LogP contribution >= 0.6 is 0 Å². The third-order valence-corrected chi connectivity index (χ3v) is 3.11. The minimum absolute atomic E-state index is 0.475. The van der Waals surface area contributed by atoms with Gasteiger partial charge >= 0.3 is 0 Å². The molecule has 1 heteroatoms. The van der Waals surface area contributed by atoms with E-state index in [0.717, 1.165) is 23.5 Å². The Kier molecular flexibility index (Phi) is 9.20. The first kappa shape index (κ1) is 19.2. The van der Waals surface area contributed by atoms with Crippen LogP contribution in [0.5, 0.6) is 0 Å². The highest BCUT2D eigenvalue weighted by molar-refractivity contribution is 5.26. The largest absolute Gasteiger partial charge is 0.459 e. The lowest BCUT2D eigenvalue weighted by Gasteiger charge is -2.13. The lowest BCUT2D eigenvalue weighted by atomic mass is 9.93. The molecule has 0 aliphatic rings. The second-order valence-electron chi connectivity index (χ2n) is 5.99. The Morgan fingerprint density at radius 1 is 0.857 bits per heavy atom. The second kappa shape index (κ2) is 10.0. The van der Waals surface area contributed by atoms with Crippen molar-refractivity contribution < 1.29 is 4.74 Å². The first-order chi connectivity index (χ1) is 9.72. The van der Waals surface area contributed by atoms with Crippen molar-refractivity contribution in [3.8, 4) is 0 Å². The summed E-state index contributed by atoms with van der Waals surface area (Å²) in [6, 6.07) is 0. The van der Waals surface area contributed by atoms with Crippen LogP contribution in [0, 0.1) is 11.8 Å². The lowest BCUT2D eigenvalue weighted by molar-refractivity contribution is 0.340. The van der Waals surface area contributed by atoms with E-state index in [-0.39, 0.29) is 0 Å². The standard InChI is InChI=1S/C20H30O/c1-15(2)9-11-17(5)18(6)12-14-20(8)21-19(7)13-10-16(3)4/h10,12-15,17H,3,6-9,11H2,1-2,4-5H3/b13-10-,14-12-. The van der Waals surface area contributed by atoms with Gasteiger partial charge in [0.1, 0.15) is 11.5 Å². The van der Waals surface area contributed by atoms with Gasteiger partial charge in [-0.1, -0.05) is 76.8 Å². The van der Waals surface area contributed by atoms with Gasteiger partial charge in [-0.2, -0.15) is 0 Å². The fourth-order valence-corrected chi connectivity index (χ4v) is 1.60. The zero-order chi connectivity index (χ0) is 16.4. The Bertz CT molecular complexity index is 446. The number of allylic oxidation sites excluding steroid dienone is 6. The van der Waals surface area contributed by atoms with E-state index in [2.05, 4.69) is 47.1 Å². The maximum atomic E-state index is 5.48. The molecule has 1 nitrogen and oxygen atoms in total. The van der Waals surface area contributed by atoms with E-state index in [1.807, 2.05) is 25.2 Å². The highest BCUT2D eigenvalue weighted by Crippen LogP contribution is 2.19. The van der Waals surface area contributed by atoms with Gasteiger partial charge in [-0.05, 0) is 37.3 Å². The molecule has 0 bridgehead atoms. The molecule has 1 unspecified atom stereocenters. The average Bonchev–Trinajstić information content (AvgIpc) is 2.39. The molecule has 0 aliphatic heterocycles. The highest BCUT2D eigenvalue weighted by Gasteiger charge is 2.05. The van der Waals surface area contributed by atoms with Crippen LogP contribution in [0.4, 0.5) is 0 Å². The van der Waals surface area contributed by atoms with Crippen molar-refractivity contribution in [2.75, 3.05) is 0 Å². The quantitative estimate of drug-likeness (QED) is 0.336. The monoisotopic (exact) mass is 286 g/mol. The van der Waals surface area contributed by atoms with Gasteiger partial charge in [0, 0.05) is 0 Å². The summed E-state index contributed by atoms with van der Waals surface area (Å²) in [4.78, 5) is 0. The molecular formula is C20H30O. The molecule has 1 atom stereocenters. The molecule has 0 saturated heterocycles. The minimum atomic E-state index is 0.475. The maximum absolute atomic E-state index is 5.48. The Hall–Kier alpha value is -1.76. The molecule has 0 rings (SSSR count). The summed E-state index contributed by atoms with van der Waals surface area (Å²) >= 11 is 0. The molecule has 0 aromatic heterocycles. The van der Waals surface area contributed by atoms with Gasteiger partial charge in [0.15, 0.2) is 0 Å². The normalized spacial score (nSPS) is 12.8. The first-order valence-electron chi connectivity index (χ1n) is 7.48. The molecule has 0 aromatic carbocycles. The topological polar surface area (TPSA) is 9.23 Å². The fourth-order valence-electron chi connectivity index (χ4n) is 1.60. The Labute approximate surface area is 131 Å². The predicted molar refractivity (Wildman–Crippen MR) is 94.8 cm³/mol. The molecule has 0 N–H and O–H groups in total. The number of rotatable bonds is 10. The van der Waals surface area contributed by atoms with E-state index in [4.69, 9.17) is 4.74 Å². The molecule has 0 heterocycles. The highest BCUT2D eigenvalue weighted by atomic mass is 16.5. The van der Waals surface area contributed by atoms with Crippen LogP contribution in [0.2, 0.25) is 0 Å². The van der Waals surface area contributed by atoms with Crippen LogP contribution in [0.15, 0.2) is 73.3 Å². The molecule has 116 valence electrons. The van der Waals surface area contributed by atoms with E-state index in [1.54, 1.807) is 6.08 Å². The SMILES string of the molecule is C=C(C)/C=C\C(=C)OC(=C)/C=C\C(=C)C(C)CCC(C)C. The van der Waals surface area contributed by atoms with Crippen LogP contribution < -0.4 is 0 Å².